The molecule has 1 aliphatic heterocycles. The fraction of sp³-hybridized carbons (Fsp3) is 0.154. The van der Waals surface area contributed by atoms with E-state index >= 15 is 0 Å². The Morgan fingerprint density at radius 3 is 2.71 bits per heavy atom. The van der Waals surface area contributed by atoms with Gasteiger partial charge in [-0.25, -0.2) is 4.79 Å². The quantitative estimate of drug-likeness (QED) is 0.847. The first kappa shape index (κ1) is 10.5. The summed E-state index contributed by atoms with van der Waals surface area (Å²) in [6.07, 6.45) is -0.984. The summed E-state index contributed by atoms with van der Waals surface area (Å²) in [7, 11) is 0. The Morgan fingerprint density at radius 1 is 1.24 bits per heavy atom. The van der Waals surface area contributed by atoms with Crippen LogP contribution in [0.4, 0.5) is 0 Å². The van der Waals surface area contributed by atoms with Crippen molar-refractivity contribution in [1.82, 2.24) is 0 Å². The molecule has 1 aliphatic rings. The van der Waals surface area contributed by atoms with Gasteiger partial charge in [0.1, 0.15) is 6.10 Å². The van der Waals surface area contributed by atoms with Crippen molar-refractivity contribution in [3.63, 3.8) is 0 Å². The van der Waals surface area contributed by atoms with Crippen molar-refractivity contribution >= 4 is 17.3 Å². The van der Waals surface area contributed by atoms with Crippen molar-refractivity contribution in [1.29, 1.82) is 0 Å². The first-order valence-electron chi connectivity index (χ1n) is 5.28. The van der Waals surface area contributed by atoms with Gasteiger partial charge in [0, 0.05) is 4.88 Å². The lowest BCUT2D eigenvalue weighted by Crippen LogP contribution is -2.05. The zero-order valence-electron chi connectivity index (χ0n) is 8.87. The highest BCUT2D eigenvalue weighted by Crippen LogP contribution is 2.43. The third kappa shape index (κ3) is 1.85. The molecule has 3 nitrogen and oxygen atoms in total. The molecule has 2 aromatic rings. The highest BCUT2D eigenvalue weighted by atomic mass is 32.1. The van der Waals surface area contributed by atoms with Crippen LogP contribution in [0.2, 0.25) is 0 Å². The summed E-state index contributed by atoms with van der Waals surface area (Å²) in [5.41, 5.74) is 2.03. The van der Waals surface area contributed by atoms with Crippen LogP contribution in [0.1, 0.15) is 11.7 Å². The van der Waals surface area contributed by atoms with Crippen molar-refractivity contribution < 1.29 is 14.6 Å². The van der Waals surface area contributed by atoms with E-state index in [0.29, 0.717) is 0 Å². The summed E-state index contributed by atoms with van der Waals surface area (Å²) in [4.78, 5) is 12.0. The third-order valence-electron chi connectivity index (χ3n) is 2.79. The lowest BCUT2D eigenvalue weighted by molar-refractivity contribution is -0.138. The Kier molecular flexibility index (Phi) is 2.46. The van der Waals surface area contributed by atoms with E-state index in [1.807, 2.05) is 41.8 Å². The van der Waals surface area contributed by atoms with Gasteiger partial charge >= 0.3 is 5.97 Å². The maximum Gasteiger partial charge on any atom is 0.335 e. The Balaban J connectivity index is 1.99. The second-order valence-electron chi connectivity index (χ2n) is 3.88. The monoisotopic (exact) mass is 246 g/mol. The van der Waals surface area contributed by atoms with Crippen LogP contribution in [0.3, 0.4) is 0 Å². The molecule has 2 heterocycles. The second kappa shape index (κ2) is 3.98. The first-order chi connectivity index (χ1) is 8.27. The van der Waals surface area contributed by atoms with E-state index in [9.17, 15) is 4.79 Å². The molecule has 0 amide bonds. The number of epoxide rings is 1. The Bertz CT molecular complexity index is 548. The number of benzene rings is 1. The van der Waals surface area contributed by atoms with Crippen molar-refractivity contribution in [2.75, 3.05) is 0 Å². The first-order valence-corrected chi connectivity index (χ1v) is 6.16. The summed E-state index contributed by atoms with van der Waals surface area (Å²) in [5.74, 6) is -0.893. The summed E-state index contributed by atoms with van der Waals surface area (Å²) in [5, 5.41) is 10.9. The van der Waals surface area contributed by atoms with Gasteiger partial charge in [-0.2, -0.15) is 0 Å². The predicted molar refractivity (Wildman–Crippen MR) is 65.0 cm³/mol. The second-order valence-corrected chi connectivity index (χ2v) is 4.83. The third-order valence-corrected chi connectivity index (χ3v) is 3.69. The number of thiophene rings is 1. The average molecular weight is 246 g/mol. The molecule has 0 radical (unpaired) electrons. The van der Waals surface area contributed by atoms with E-state index in [4.69, 9.17) is 9.84 Å². The molecule has 1 saturated heterocycles. The molecule has 17 heavy (non-hydrogen) atoms. The van der Waals surface area contributed by atoms with Gasteiger partial charge in [-0.05, 0) is 22.6 Å². The highest BCUT2D eigenvalue weighted by Gasteiger charge is 2.47. The van der Waals surface area contributed by atoms with Gasteiger partial charge in [-0.15, -0.1) is 11.3 Å². The lowest BCUT2D eigenvalue weighted by Gasteiger charge is -2.04. The zero-order valence-corrected chi connectivity index (χ0v) is 9.68. The maximum absolute atomic E-state index is 10.8. The van der Waals surface area contributed by atoms with Crippen molar-refractivity contribution in [2.45, 2.75) is 12.2 Å². The van der Waals surface area contributed by atoms with E-state index in [0.717, 1.165) is 16.0 Å². The van der Waals surface area contributed by atoms with Crippen LogP contribution in [0.5, 0.6) is 0 Å². The fourth-order valence-electron chi connectivity index (χ4n) is 1.94. The molecule has 0 aliphatic carbocycles. The normalized spacial score (nSPS) is 22.4. The van der Waals surface area contributed by atoms with Crippen molar-refractivity contribution in [3.8, 4) is 10.4 Å². The number of aliphatic carboxylic acids is 1. The predicted octanol–water partition coefficient (Wildman–Crippen LogP) is 2.94. The van der Waals surface area contributed by atoms with Crippen LogP contribution in [0.25, 0.3) is 10.4 Å². The molecule has 1 N–H and O–H groups in total. The van der Waals surface area contributed by atoms with Crippen LogP contribution in [-0.2, 0) is 9.53 Å². The summed E-state index contributed by atoms with van der Waals surface area (Å²) in [6.45, 7) is 0. The molecule has 0 saturated carbocycles. The summed E-state index contributed by atoms with van der Waals surface area (Å²) >= 11 is 1.64. The van der Waals surface area contributed by atoms with Gasteiger partial charge in [0.05, 0.1) is 0 Å². The van der Waals surface area contributed by atoms with Gasteiger partial charge < -0.3 is 9.84 Å². The number of carboxylic acid groups (broad SMARTS) is 1. The largest absolute Gasteiger partial charge is 0.479 e. The molecule has 4 heteroatoms. The Labute approximate surface area is 102 Å². The number of carboxylic acids is 1. The van der Waals surface area contributed by atoms with E-state index in [1.54, 1.807) is 11.3 Å². The minimum absolute atomic E-state index is 0.300. The Hall–Kier alpha value is -1.65. The molecular formula is C13H10O3S. The van der Waals surface area contributed by atoms with E-state index in [-0.39, 0.29) is 6.10 Å². The standard InChI is InChI=1S/C13H10O3S/c14-13(15)12-11(16-12)9-5-2-1-4-8(9)10-6-3-7-17-10/h1-7,11-12H,(H,14,15). The topological polar surface area (TPSA) is 49.8 Å². The summed E-state index contributed by atoms with van der Waals surface area (Å²) < 4.78 is 5.21. The molecule has 3 rings (SSSR count). The molecule has 1 aromatic heterocycles. The van der Waals surface area contributed by atoms with Crippen LogP contribution in [-0.4, -0.2) is 17.2 Å². The van der Waals surface area contributed by atoms with Crippen LogP contribution < -0.4 is 0 Å². The smallest absolute Gasteiger partial charge is 0.335 e. The molecular weight excluding hydrogens is 236 g/mol. The van der Waals surface area contributed by atoms with Gasteiger partial charge in [0.15, 0.2) is 6.10 Å². The number of hydrogen-bond acceptors (Lipinski definition) is 3. The van der Waals surface area contributed by atoms with Gasteiger partial charge in [0.2, 0.25) is 0 Å². The number of hydrogen-bond donors (Lipinski definition) is 1. The number of carbonyl (C=O) groups is 1. The van der Waals surface area contributed by atoms with E-state index in [1.165, 1.54) is 0 Å². The summed E-state index contributed by atoms with van der Waals surface area (Å²) in [6, 6.07) is 11.8. The zero-order chi connectivity index (χ0) is 11.8. The van der Waals surface area contributed by atoms with Gasteiger partial charge in [-0.3, -0.25) is 0 Å². The number of ether oxygens (including phenoxy) is 1. The molecule has 2 atom stereocenters. The van der Waals surface area contributed by atoms with E-state index in [2.05, 4.69) is 0 Å². The minimum Gasteiger partial charge on any atom is -0.479 e. The fourth-order valence-corrected chi connectivity index (χ4v) is 2.71. The average Bonchev–Trinajstić information content (AvgIpc) is 2.96. The minimum atomic E-state index is -0.893. The van der Waals surface area contributed by atoms with Gasteiger partial charge in [0.25, 0.3) is 0 Å². The van der Waals surface area contributed by atoms with Crippen LogP contribution >= 0.6 is 11.3 Å². The molecule has 86 valence electrons. The molecule has 1 fully saturated rings. The van der Waals surface area contributed by atoms with Crippen LogP contribution in [0.15, 0.2) is 41.8 Å². The van der Waals surface area contributed by atoms with Crippen LogP contribution in [0, 0.1) is 0 Å². The Morgan fingerprint density at radius 2 is 2.06 bits per heavy atom. The molecule has 1 aromatic carbocycles. The lowest BCUT2D eigenvalue weighted by atomic mass is 10.0. The van der Waals surface area contributed by atoms with E-state index < -0.39 is 12.1 Å². The molecule has 0 spiro atoms. The molecule has 0 bridgehead atoms. The molecule has 2 unspecified atom stereocenters. The van der Waals surface area contributed by atoms with Crippen molar-refractivity contribution in [2.24, 2.45) is 0 Å². The SMILES string of the molecule is O=C(O)C1OC1c1ccccc1-c1cccs1. The van der Waals surface area contributed by atoms with Crippen molar-refractivity contribution in [3.05, 3.63) is 47.3 Å². The maximum atomic E-state index is 10.8. The van der Waals surface area contributed by atoms with Gasteiger partial charge in [-0.1, -0.05) is 30.3 Å². The highest BCUT2D eigenvalue weighted by molar-refractivity contribution is 7.13. The number of rotatable bonds is 3.